The zero-order chi connectivity index (χ0) is 16.4. The molecule has 6 heteroatoms. The summed E-state index contributed by atoms with van der Waals surface area (Å²) < 4.78 is 13.3. The van der Waals surface area contributed by atoms with Gasteiger partial charge >= 0.3 is 0 Å². The van der Waals surface area contributed by atoms with Crippen LogP contribution in [-0.2, 0) is 9.59 Å². The molecule has 1 aliphatic rings. The monoisotopic (exact) mass is 313 g/mol. The standard InChI is InChI=1S/C17H16FN3O2/c1-11-4-2-3-5-13(11)20-16(22)10-21-15-7-6-12(18)8-14(15)19-9-17(21)23/h2-8,19H,9-10H2,1H3,(H,20,22). The van der Waals surface area contributed by atoms with Gasteiger partial charge in [0.05, 0.1) is 17.9 Å². The molecule has 0 aromatic heterocycles. The molecule has 0 spiro atoms. The molecule has 0 saturated heterocycles. The second-order valence-corrected chi connectivity index (χ2v) is 5.36. The van der Waals surface area contributed by atoms with Crippen LogP contribution in [0.15, 0.2) is 42.5 Å². The molecular weight excluding hydrogens is 297 g/mol. The summed E-state index contributed by atoms with van der Waals surface area (Å²) in [5, 5.41) is 5.65. The predicted octanol–water partition coefficient (Wildman–Crippen LogP) is 2.53. The summed E-state index contributed by atoms with van der Waals surface area (Å²) in [5.41, 5.74) is 2.66. The molecule has 1 heterocycles. The van der Waals surface area contributed by atoms with E-state index in [1.807, 2.05) is 25.1 Å². The molecule has 23 heavy (non-hydrogen) atoms. The van der Waals surface area contributed by atoms with Crippen LogP contribution < -0.4 is 15.5 Å². The highest BCUT2D eigenvalue weighted by molar-refractivity contribution is 6.07. The Morgan fingerprint density at radius 2 is 2.09 bits per heavy atom. The summed E-state index contributed by atoms with van der Waals surface area (Å²) >= 11 is 0. The van der Waals surface area contributed by atoms with Gasteiger partial charge in [0.15, 0.2) is 0 Å². The molecule has 0 radical (unpaired) electrons. The molecule has 0 aliphatic carbocycles. The van der Waals surface area contributed by atoms with Crippen LogP contribution in [0.1, 0.15) is 5.56 Å². The summed E-state index contributed by atoms with van der Waals surface area (Å²) in [6.07, 6.45) is 0. The first-order valence-corrected chi connectivity index (χ1v) is 7.24. The number of hydrogen-bond donors (Lipinski definition) is 2. The first-order valence-electron chi connectivity index (χ1n) is 7.24. The minimum atomic E-state index is -0.394. The van der Waals surface area contributed by atoms with Crippen molar-refractivity contribution in [1.29, 1.82) is 0 Å². The van der Waals surface area contributed by atoms with Crippen LogP contribution in [0, 0.1) is 12.7 Å². The van der Waals surface area contributed by atoms with Crippen LogP contribution in [0.3, 0.4) is 0 Å². The van der Waals surface area contributed by atoms with E-state index < -0.39 is 5.82 Å². The third-order valence-corrected chi connectivity index (χ3v) is 3.70. The summed E-state index contributed by atoms with van der Waals surface area (Å²) in [5.74, 6) is -0.927. The molecule has 2 amide bonds. The molecule has 0 fully saturated rings. The number of nitrogens with zero attached hydrogens (tertiary/aromatic N) is 1. The number of rotatable bonds is 3. The Hall–Kier alpha value is -2.89. The number of amides is 2. The molecule has 3 rings (SSSR count). The number of fused-ring (bicyclic) bond motifs is 1. The van der Waals surface area contributed by atoms with Crippen LogP contribution in [0.25, 0.3) is 0 Å². The number of anilines is 3. The molecule has 1 aliphatic heterocycles. The molecule has 118 valence electrons. The Bertz CT molecular complexity index is 776. The van der Waals surface area contributed by atoms with E-state index >= 15 is 0 Å². The normalized spacial score (nSPS) is 13.3. The average Bonchev–Trinajstić information content (AvgIpc) is 2.52. The van der Waals surface area contributed by atoms with E-state index in [1.54, 1.807) is 6.07 Å². The lowest BCUT2D eigenvalue weighted by Gasteiger charge is -2.29. The van der Waals surface area contributed by atoms with Gasteiger partial charge < -0.3 is 10.6 Å². The van der Waals surface area contributed by atoms with E-state index in [0.717, 1.165) is 5.56 Å². The molecule has 0 bridgehead atoms. The van der Waals surface area contributed by atoms with Crippen molar-refractivity contribution in [1.82, 2.24) is 0 Å². The molecular formula is C17H16FN3O2. The fourth-order valence-corrected chi connectivity index (χ4v) is 2.51. The highest BCUT2D eigenvalue weighted by atomic mass is 19.1. The van der Waals surface area contributed by atoms with Crippen molar-refractivity contribution in [3.05, 3.63) is 53.8 Å². The Balaban J connectivity index is 1.78. The first-order chi connectivity index (χ1) is 11.0. The Labute approximate surface area is 133 Å². The highest BCUT2D eigenvalue weighted by Crippen LogP contribution is 2.30. The molecule has 2 aromatic carbocycles. The van der Waals surface area contributed by atoms with E-state index in [1.165, 1.54) is 23.1 Å². The van der Waals surface area contributed by atoms with Crippen LogP contribution in [-0.4, -0.2) is 24.9 Å². The third kappa shape index (κ3) is 3.15. The van der Waals surface area contributed by atoms with Gasteiger partial charge in [-0.05, 0) is 36.8 Å². The van der Waals surface area contributed by atoms with Crippen molar-refractivity contribution in [2.75, 3.05) is 28.6 Å². The molecule has 2 aromatic rings. The quantitative estimate of drug-likeness (QED) is 0.915. The van der Waals surface area contributed by atoms with Crippen molar-refractivity contribution in [3.63, 3.8) is 0 Å². The number of benzene rings is 2. The minimum absolute atomic E-state index is 0.0358. The Morgan fingerprint density at radius 3 is 2.87 bits per heavy atom. The van der Waals surface area contributed by atoms with E-state index in [9.17, 15) is 14.0 Å². The number of para-hydroxylation sites is 1. The van der Waals surface area contributed by atoms with Crippen molar-refractivity contribution >= 4 is 28.9 Å². The first kappa shape index (κ1) is 15.0. The van der Waals surface area contributed by atoms with E-state index in [2.05, 4.69) is 10.6 Å². The molecule has 0 unspecified atom stereocenters. The van der Waals surface area contributed by atoms with Crippen molar-refractivity contribution in [2.45, 2.75) is 6.92 Å². The smallest absolute Gasteiger partial charge is 0.246 e. The predicted molar refractivity (Wildman–Crippen MR) is 87.1 cm³/mol. The summed E-state index contributed by atoms with van der Waals surface area (Å²) in [6, 6.07) is 11.5. The summed E-state index contributed by atoms with van der Waals surface area (Å²) in [4.78, 5) is 25.7. The van der Waals surface area contributed by atoms with Gasteiger partial charge in [-0.2, -0.15) is 0 Å². The average molecular weight is 313 g/mol. The van der Waals surface area contributed by atoms with E-state index in [-0.39, 0.29) is 24.9 Å². The maximum absolute atomic E-state index is 13.3. The Kier molecular flexibility index (Phi) is 3.97. The van der Waals surface area contributed by atoms with Gasteiger partial charge in [-0.15, -0.1) is 0 Å². The van der Waals surface area contributed by atoms with E-state index in [0.29, 0.717) is 17.1 Å². The van der Waals surface area contributed by atoms with Gasteiger partial charge in [-0.25, -0.2) is 4.39 Å². The number of carbonyl (C=O) groups excluding carboxylic acids is 2. The molecule has 2 N–H and O–H groups in total. The van der Waals surface area contributed by atoms with Gasteiger partial charge in [0.2, 0.25) is 11.8 Å². The van der Waals surface area contributed by atoms with Gasteiger partial charge in [-0.1, -0.05) is 18.2 Å². The fourth-order valence-electron chi connectivity index (χ4n) is 2.51. The number of nitrogens with one attached hydrogen (secondary N) is 2. The lowest BCUT2D eigenvalue weighted by Crippen LogP contribution is -2.44. The van der Waals surface area contributed by atoms with Gasteiger partial charge in [0, 0.05) is 5.69 Å². The summed E-state index contributed by atoms with van der Waals surface area (Å²) in [7, 11) is 0. The van der Waals surface area contributed by atoms with Gasteiger partial charge in [0.1, 0.15) is 12.4 Å². The van der Waals surface area contributed by atoms with E-state index in [4.69, 9.17) is 0 Å². The highest BCUT2D eigenvalue weighted by Gasteiger charge is 2.26. The Morgan fingerprint density at radius 1 is 1.30 bits per heavy atom. The maximum Gasteiger partial charge on any atom is 0.246 e. The number of carbonyl (C=O) groups is 2. The van der Waals surface area contributed by atoms with Gasteiger partial charge in [-0.3, -0.25) is 14.5 Å². The molecule has 0 saturated carbocycles. The number of halogens is 1. The number of aryl methyl sites for hydroxylation is 1. The second kappa shape index (κ2) is 6.08. The fraction of sp³-hybridized carbons (Fsp3) is 0.176. The van der Waals surface area contributed by atoms with Crippen LogP contribution in [0.4, 0.5) is 21.5 Å². The lowest BCUT2D eigenvalue weighted by molar-refractivity contribution is -0.120. The maximum atomic E-state index is 13.3. The molecule has 5 nitrogen and oxygen atoms in total. The van der Waals surface area contributed by atoms with Crippen LogP contribution in [0.2, 0.25) is 0 Å². The lowest BCUT2D eigenvalue weighted by atomic mass is 10.1. The summed E-state index contributed by atoms with van der Waals surface area (Å²) in [6.45, 7) is 1.81. The third-order valence-electron chi connectivity index (χ3n) is 3.70. The molecule has 0 atom stereocenters. The van der Waals surface area contributed by atoms with Crippen LogP contribution >= 0.6 is 0 Å². The second-order valence-electron chi connectivity index (χ2n) is 5.36. The van der Waals surface area contributed by atoms with Crippen molar-refractivity contribution in [3.8, 4) is 0 Å². The van der Waals surface area contributed by atoms with Crippen LogP contribution in [0.5, 0.6) is 0 Å². The van der Waals surface area contributed by atoms with Crippen molar-refractivity contribution < 1.29 is 14.0 Å². The minimum Gasteiger partial charge on any atom is -0.374 e. The van der Waals surface area contributed by atoms with Gasteiger partial charge in [0.25, 0.3) is 0 Å². The zero-order valence-electron chi connectivity index (χ0n) is 12.6. The zero-order valence-corrected chi connectivity index (χ0v) is 12.6. The largest absolute Gasteiger partial charge is 0.374 e. The SMILES string of the molecule is Cc1ccccc1NC(=O)CN1C(=O)CNc2cc(F)ccc21. The van der Waals surface area contributed by atoms with Crippen molar-refractivity contribution in [2.24, 2.45) is 0 Å². The topological polar surface area (TPSA) is 61.4 Å². The number of hydrogen-bond acceptors (Lipinski definition) is 3.